The Hall–Kier alpha value is -8.20. The van der Waals surface area contributed by atoms with Crippen molar-refractivity contribution in [3.63, 3.8) is 0 Å². The molecule has 0 bridgehead atoms. The van der Waals surface area contributed by atoms with Crippen molar-refractivity contribution in [2.75, 3.05) is 4.90 Å². The van der Waals surface area contributed by atoms with E-state index in [1.165, 1.54) is 93.7 Å². The third-order valence-corrected chi connectivity index (χ3v) is 13.6. The van der Waals surface area contributed by atoms with Gasteiger partial charge >= 0.3 is 0 Å². The highest BCUT2D eigenvalue weighted by atomic mass is 15.1. The molecule has 0 fully saturated rings. The quantitative estimate of drug-likeness (QED) is 0.156. The molecule has 63 heavy (non-hydrogen) atoms. The summed E-state index contributed by atoms with van der Waals surface area (Å²) in [6.07, 6.45) is 0. The van der Waals surface area contributed by atoms with Gasteiger partial charge in [0.2, 0.25) is 0 Å². The molecular formula is C61H40N2. The normalized spacial score (nSPS) is 12.9. The maximum Gasteiger partial charge on any atom is 0.0714 e. The van der Waals surface area contributed by atoms with Crippen LogP contribution in [-0.4, -0.2) is 4.40 Å². The van der Waals surface area contributed by atoms with Gasteiger partial charge < -0.3 is 9.30 Å². The molecule has 0 saturated carbocycles. The van der Waals surface area contributed by atoms with E-state index in [1.807, 2.05) is 0 Å². The Kier molecular flexibility index (Phi) is 7.85. The van der Waals surface area contributed by atoms with Gasteiger partial charge in [0.15, 0.2) is 0 Å². The van der Waals surface area contributed by atoms with Gasteiger partial charge in [-0.1, -0.05) is 188 Å². The third-order valence-electron chi connectivity index (χ3n) is 13.6. The summed E-state index contributed by atoms with van der Waals surface area (Å²) in [5.41, 5.74) is 19.0. The molecule has 0 spiro atoms. The van der Waals surface area contributed by atoms with Crippen LogP contribution in [0.15, 0.2) is 243 Å². The highest BCUT2D eigenvalue weighted by Gasteiger charge is 2.46. The molecule has 2 heterocycles. The standard InChI is InChI=1S/C61H40N2/c1-4-16-41(17-5-1)42-30-33-47(34-31-42)62(49-35-36-51-50-24-10-12-28-56(50)61(57(51)40-49,45-19-6-2-7-20-45)46-21-8-3-9-22-46)48-23-14-18-43(38-48)44-32-37-59-55(39-44)54-27-15-26-53-52-25-11-13-29-58(52)63(59)60(53)54/h1-40H. The average molecular weight is 801 g/mol. The van der Waals surface area contributed by atoms with Crippen LogP contribution in [0.4, 0.5) is 17.1 Å². The smallest absolute Gasteiger partial charge is 0.0714 e. The zero-order valence-electron chi connectivity index (χ0n) is 34.5. The average Bonchev–Trinajstić information content (AvgIpc) is 3.99. The van der Waals surface area contributed by atoms with Crippen LogP contribution in [-0.2, 0) is 5.41 Å². The molecule has 12 aromatic rings. The van der Waals surface area contributed by atoms with E-state index in [2.05, 4.69) is 252 Å². The molecule has 0 N–H and O–H groups in total. The molecule has 0 amide bonds. The fraction of sp³-hybridized carbons (Fsp3) is 0.0164. The van der Waals surface area contributed by atoms with Gasteiger partial charge in [-0.2, -0.15) is 0 Å². The van der Waals surface area contributed by atoms with Gasteiger partial charge in [-0.05, 0) is 110 Å². The molecule has 0 radical (unpaired) electrons. The number of para-hydroxylation sites is 2. The van der Waals surface area contributed by atoms with Crippen LogP contribution >= 0.6 is 0 Å². The number of aromatic nitrogens is 1. The summed E-state index contributed by atoms with van der Waals surface area (Å²) in [5, 5.41) is 5.16. The molecule has 10 aromatic carbocycles. The van der Waals surface area contributed by atoms with Crippen molar-refractivity contribution < 1.29 is 0 Å². The lowest BCUT2D eigenvalue weighted by Gasteiger charge is -2.35. The Morgan fingerprint density at radius 2 is 0.825 bits per heavy atom. The number of hydrogen-bond acceptors (Lipinski definition) is 1. The first-order chi connectivity index (χ1) is 31.3. The molecule has 2 nitrogen and oxygen atoms in total. The van der Waals surface area contributed by atoms with E-state index in [9.17, 15) is 0 Å². The second-order valence-corrected chi connectivity index (χ2v) is 16.8. The minimum Gasteiger partial charge on any atom is -0.310 e. The zero-order valence-corrected chi connectivity index (χ0v) is 34.5. The van der Waals surface area contributed by atoms with Gasteiger partial charge in [-0.25, -0.2) is 0 Å². The number of nitrogens with zero attached hydrogens (tertiary/aromatic N) is 2. The summed E-state index contributed by atoms with van der Waals surface area (Å²) in [7, 11) is 0. The van der Waals surface area contributed by atoms with Crippen molar-refractivity contribution in [2.45, 2.75) is 5.41 Å². The highest BCUT2D eigenvalue weighted by Crippen LogP contribution is 2.57. The maximum atomic E-state index is 2.46. The summed E-state index contributed by atoms with van der Waals surface area (Å²) in [6.45, 7) is 0. The topological polar surface area (TPSA) is 7.65 Å². The molecule has 0 atom stereocenters. The lowest BCUT2D eigenvalue weighted by atomic mass is 9.67. The predicted molar refractivity (Wildman–Crippen MR) is 264 cm³/mol. The van der Waals surface area contributed by atoms with Crippen molar-refractivity contribution in [3.8, 4) is 33.4 Å². The van der Waals surface area contributed by atoms with E-state index >= 15 is 0 Å². The van der Waals surface area contributed by atoms with E-state index in [0.29, 0.717) is 0 Å². The van der Waals surface area contributed by atoms with Crippen LogP contribution in [0.5, 0.6) is 0 Å². The molecule has 2 aromatic heterocycles. The number of anilines is 3. The summed E-state index contributed by atoms with van der Waals surface area (Å²) in [5.74, 6) is 0. The summed E-state index contributed by atoms with van der Waals surface area (Å²) in [4.78, 5) is 2.44. The van der Waals surface area contributed by atoms with Crippen LogP contribution in [0.1, 0.15) is 22.3 Å². The van der Waals surface area contributed by atoms with Gasteiger partial charge in [0.05, 0.1) is 22.0 Å². The van der Waals surface area contributed by atoms with Gasteiger partial charge in [0, 0.05) is 38.6 Å². The second kappa shape index (κ2) is 13.9. The Morgan fingerprint density at radius 1 is 0.302 bits per heavy atom. The van der Waals surface area contributed by atoms with Crippen molar-refractivity contribution in [2.24, 2.45) is 0 Å². The first-order valence-corrected chi connectivity index (χ1v) is 21.8. The maximum absolute atomic E-state index is 2.46. The van der Waals surface area contributed by atoms with E-state index < -0.39 is 5.41 Å². The Bertz CT molecular complexity index is 3620. The van der Waals surface area contributed by atoms with Crippen molar-refractivity contribution in [1.82, 2.24) is 4.40 Å². The number of fused-ring (bicyclic) bond motifs is 9. The van der Waals surface area contributed by atoms with Crippen LogP contribution in [0.3, 0.4) is 0 Å². The van der Waals surface area contributed by atoms with Gasteiger partial charge in [0.25, 0.3) is 0 Å². The third kappa shape index (κ3) is 5.25. The molecular weight excluding hydrogens is 761 g/mol. The molecule has 1 aliphatic carbocycles. The van der Waals surface area contributed by atoms with Crippen LogP contribution in [0, 0.1) is 0 Å². The number of benzene rings is 10. The highest BCUT2D eigenvalue weighted by molar-refractivity contribution is 6.23. The summed E-state index contributed by atoms with van der Waals surface area (Å²) in [6, 6.07) is 89.5. The van der Waals surface area contributed by atoms with Crippen molar-refractivity contribution in [1.29, 1.82) is 0 Å². The van der Waals surface area contributed by atoms with Gasteiger partial charge in [-0.3, -0.25) is 0 Å². The van der Waals surface area contributed by atoms with E-state index in [0.717, 1.165) is 17.1 Å². The molecule has 294 valence electrons. The number of hydrogen-bond donors (Lipinski definition) is 0. The first-order valence-electron chi connectivity index (χ1n) is 21.8. The van der Waals surface area contributed by atoms with Crippen LogP contribution in [0.2, 0.25) is 0 Å². The lowest BCUT2D eigenvalue weighted by molar-refractivity contribution is 0.768. The predicted octanol–water partition coefficient (Wildman–Crippen LogP) is 16.0. The van der Waals surface area contributed by atoms with Crippen molar-refractivity contribution in [3.05, 3.63) is 265 Å². The molecule has 13 rings (SSSR count). The van der Waals surface area contributed by atoms with Crippen LogP contribution in [0.25, 0.3) is 71.5 Å². The van der Waals surface area contributed by atoms with Gasteiger partial charge in [0.1, 0.15) is 0 Å². The molecule has 1 aliphatic rings. The largest absolute Gasteiger partial charge is 0.310 e. The van der Waals surface area contributed by atoms with Gasteiger partial charge in [-0.15, -0.1) is 0 Å². The van der Waals surface area contributed by atoms with Crippen LogP contribution < -0.4 is 4.90 Å². The second-order valence-electron chi connectivity index (χ2n) is 16.8. The summed E-state index contributed by atoms with van der Waals surface area (Å²) < 4.78 is 2.45. The minimum absolute atomic E-state index is 0.507. The minimum atomic E-state index is -0.507. The fourth-order valence-corrected chi connectivity index (χ4v) is 10.9. The molecule has 2 heteroatoms. The zero-order chi connectivity index (χ0) is 41.5. The monoisotopic (exact) mass is 800 g/mol. The fourth-order valence-electron chi connectivity index (χ4n) is 10.9. The molecule has 0 unspecified atom stereocenters. The molecule has 0 saturated heterocycles. The van der Waals surface area contributed by atoms with E-state index in [-0.39, 0.29) is 0 Å². The Morgan fingerprint density at radius 3 is 1.60 bits per heavy atom. The summed E-state index contributed by atoms with van der Waals surface area (Å²) >= 11 is 0. The van der Waals surface area contributed by atoms with Crippen molar-refractivity contribution >= 4 is 55.2 Å². The lowest BCUT2D eigenvalue weighted by Crippen LogP contribution is -2.28. The first kappa shape index (κ1) is 35.5. The number of rotatable bonds is 7. The molecule has 0 aliphatic heterocycles. The Balaban J connectivity index is 1.01. The van der Waals surface area contributed by atoms with E-state index in [1.54, 1.807) is 0 Å². The Labute approximate surface area is 366 Å². The SMILES string of the molecule is c1ccc(-c2ccc(N(c3cccc(-c4ccc5c(c4)c4cccc6c7ccccc7n5c64)c3)c3ccc4c(c3)C(c3ccccc3)(c3ccccc3)c3ccccc3-4)cc2)cc1. The van der Waals surface area contributed by atoms with E-state index in [4.69, 9.17) is 0 Å².